The zero-order valence-electron chi connectivity index (χ0n) is 15.7. The van der Waals surface area contributed by atoms with E-state index in [4.69, 9.17) is 4.74 Å². The Morgan fingerprint density at radius 2 is 1.83 bits per heavy atom. The van der Waals surface area contributed by atoms with Crippen LogP contribution < -0.4 is 0 Å². The molecule has 0 saturated heterocycles. The third kappa shape index (κ3) is 5.68. The van der Waals surface area contributed by atoms with Crippen molar-refractivity contribution in [2.45, 2.75) is 11.3 Å². The average Bonchev–Trinajstić information content (AvgIpc) is 2.77. The van der Waals surface area contributed by atoms with Gasteiger partial charge in [-0.1, -0.05) is 48.5 Å². The smallest absolute Gasteiger partial charge is 0.316 e. The van der Waals surface area contributed by atoms with Crippen LogP contribution in [0, 0.1) is 10.1 Å². The van der Waals surface area contributed by atoms with Gasteiger partial charge in [-0.05, 0) is 23.6 Å². The predicted molar refractivity (Wildman–Crippen MR) is 110 cm³/mol. The Kier molecular flexibility index (Phi) is 7.02. The molecule has 0 saturated carbocycles. The van der Waals surface area contributed by atoms with Crippen LogP contribution in [0.2, 0.25) is 0 Å². The van der Waals surface area contributed by atoms with Crippen LogP contribution in [0.3, 0.4) is 0 Å². The van der Waals surface area contributed by atoms with E-state index in [1.807, 2.05) is 36.4 Å². The highest BCUT2D eigenvalue weighted by atomic mass is 32.2. The van der Waals surface area contributed by atoms with Crippen LogP contribution in [0.15, 0.2) is 65.6 Å². The lowest BCUT2D eigenvalue weighted by atomic mass is 10.00. The number of thioether (sulfide) groups is 1. The summed E-state index contributed by atoms with van der Waals surface area (Å²) in [6.45, 7) is 0.721. The lowest BCUT2D eigenvalue weighted by Crippen LogP contribution is -2.37. The SMILES string of the molecule is O=C(CSc1ccccc1[N+](=O)[O-])OCC(=O)N1CC=C(c2ccccc2)CC1. The first-order valence-electron chi connectivity index (χ1n) is 9.08. The van der Waals surface area contributed by atoms with Gasteiger partial charge in [0.25, 0.3) is 11.6 Å². The number of nitro groups is 1. The Balaban J connectivity index is 1.45. The fourth-order valence-electron chi connectivity index (χ4n) is 2.95. The molecule has 0 unspecified atom stereocenters. The van der Waals surface area contributed by atoms with Crippen LogP contribution in [-0.2, 0) is 14.3 Å². The van der Waals surface area contributed by atoms with Crippen LogP contribution in [0.25, 0.3) is 5.57 Å². The summed E-state index contributed by atoms with van der Waals surface area (Å²) >= 11 is 1.02. The van der Waals surface area contributed by atoms with Gasteiger partial charge in [-0.15, -0.1) is 11.8 Å². The van der Waals surface area contributed by atoms with Crippen molar-refractivity contribution in [1.29, 1.82) is 0 Å². The molecule has 0 N–H and O–H groups in total. The summed E-state index contributed by atoms with van der Waals surface area (Å²) in [4.78, 5) is 36.7. The highest BCUT2D eigenvalue weighted by Crippen LogP contribution is 2.28. The Morgan fingerprint density at radius 3 is 2.52 bits per heavy atom. The number of amides is 1. The van der Waals surface area contributed by atoms with Gasteiger partial charge >= 0.3 is 5.97 Å². The van der Waals surface area contributed by atoms with Crippen LogP contribution in [0.5, 0.6) is 0 Å². The van der Waals surface area contributed by atoms with Crippen molar-refractivity contribution in [2.75, 3.05) is 25.4 Å². The van der Waals surface area contributed by atoms with Crippen LogP contribution >= 0.6 is 11.8 Å². The quantitative estimate of drug-likeness (QED) is 0.299. The fourth-order valence-corrected chi connectivity index (χ4v) is 3.77. The number of esters is 1. The van der Waals surface area contributed by atoms with E-state index in [1.165, 1.54) is 11.6 Å². The Morgan fingerprint density at radius 1 is 1.10 bits per heavy atom. The largest absolute Gasteiger partial charge is 0.455 e. The van der Waals surface area contributed by atoms with Gasteiger partial charge < -0.3 is 9.64 Å². The molecule has 0 bridgehead atoms. The second-order valence-electron chi connectivity index (χ2n) is 6.36. The van der Waals surface area contributed by atoms with E-state index in [0.717, 1.165) is 23.7 Å². The van der Waals surface area contributed by atoms with Crippen LogP contribution in [-0.4, -0.2) is 47.1 Å². The van der Waals surface area contributed by atoms with E-state index in [1.54, 1.807) is 23.1 Å². The van der Waals surface area contributed by atoms with Crippen molar-refractivity contribution in [3.05, 3.63) is 76.4 Å². The molecule has 0 atom stereocenters. The summed E-state index contributed by atoms with van der Waals surface area (Å²) in [5, 5.41) is 11.0. The first-order valence-corrected chi connectivity index (χ1v) is 10.1. The van der Waals surface area contributed by atoms with Crippen molar-refractivity contribution >= 4 is 34.9 Å². The molecule has 3 rings (SSSR count). The summed E-state index contributed by atoms with van der Waals surface area (Å²) < 4.78 is 5.05. The number of rotatable bonds is 7. The molecule has 2 aromatic rings. The van der Waals surface area contributed by atoms with Crippen molar-refractivity contribution in [3.8, 4) is 0 Å². The van der Waals surface area contributed by atoms with E-state index in [-0.39, 0.29) is 24.0 Å². The molecular formula is C21H20N2O5S. The normalized spacial score (nSPS) is 13.5. The summed E-state index contributed by atoms with van der Waals surface area (Å²) in [6, 6.07) is 16.2. The lowest BCUT2D eigenvalue weighted by Gasteiger charge is -2.26. The zero-order chi connectivity index (χ0) is 20.6. The van der Waals surface area contributed by atoms with E-state index < -0.39 is 10.9 Å². The second-order valence-corrected chi connectivity index (χ2v) is 7.38. The number of benzene rings is 2. The minimum Gasteiger partial charge on any atom is -0.455 e. The number of hydrogen-bond donors (Lipinski definition) is 0. The lowest BCUT2D eigenvalue weighted by molar-refractivity contribution is -0.387. The zero-order valence-corrected chi connectivity index (χ0v) is 16.5. The number of carbonyl (C=O) groups excluding carboxylic acids is 2. The second kappa shape index (κ2) is 9.88. The number of nitro benzene ring substituents is 1. The Bertz CT molecular complexity index is 930. The first-order chi connectivity index (χ1) is 14.0. The topological polar surface area (TPSA) is 89.7 Å². The molecule has 0 fully saturated rings. The summed E-state index contributed by atoms with van der Waals surface area (Å²) in [6.07, 6.45) is 2.76. The van der Waals surface area contributed by atoms with E-state index in [0.29, 0.717) is 18.0 Å². The first kappa shape index (κ1) is 20.6. The van der Waals surface area contributed by atoms with Gasteiger partial charge in [0.05, 0.1) is 15.6 Å². The van der Waals surface area contributed by atoms with Crippen LogP contribution in [0.1, 0.15) is 12.0 Å². The molecular weight excluding hydrogens is 392 g/mol. The van der Waals surface area contributed by atoms with Gasteiger partial charge in [-0.2, -0.15) is 0 Å². The predicted octanol–water partition coefficient (Wildman–Crippen LogP) is 3.55. The molecule has 0 aliphatic carbocycles. The molecule has 1 aliphatic rings. The van der Waals surface area contributed by atoms with E-state index >= 15 is 0 Å². The van der Waals surface area contributed by atoms with Gasteiger partial charge in [0.2, 0.25) is 0 Å². The van der Waals surface area contributed by atoms with Gasteiger partial charge in [0.1, 0.15) is 0 Å². The maximum absolute atomic E-state index is 12.3. The van der Waals surface area contributed by atoms with Gasteiger partial charge in [0.15, 0.2) is 6.61 Å². The number of ether oxygens (including phenoxy) is 1. The molecule has 7 nitrogen and oxygen atoms in total. The molecule has 1 amide bonds. The Labute approximate surface area is 172 Å². The fraction of sp³-hybridized carbons (Fsp3) is 0.238. The summed E-state index contributed by atoms with van der Waals surface area (Å²) in [7, 11) is 0. The summed E-state index contributed by atoms with van der Waals surface area (Å²) in [5.74, 6) is -0.938. The third-order valence-electron chi connectivity index (χ3n) is 4.47. The molecule has 29 heavy (non-hydrogen) atoms. The maximum Gasteiger partial charge on any atom is 0.316 e. The molecule has 8 heteroatoms. The number of para-hydroxylation sites is 1. The van der Waals surface area contributed by atoms with Gasteiger partial charge in [-0.3, -0.25) is 19.7 Å². The van der Waals surface area contributed by atoms with Crippen molar-refractivity contribution < 1.29 is 19.2 Å². The molecule has 0 aromatic heterocycles. The standard InChI is InChI=1S/C21H20N2O5S/c24-20(22-12-10-17(11-13-22)16-6-2-1-3-7-16)14-28-21(25)15-29-19-9-5-4-8-18(19)23(26)27/h1-10H,11-15H2. The Hall–Kier alpha value is -3.13. The monoisotopic (exact) mass is 412 g/mol. The van der Waals surface area contributed by atoms with E-state index in [9.17, 15) is 19.7 Å². The van der Waals surface area contributed by atoms with Gasteiger partial charge in [0, 0.05) is 19.2 Å². The average molecular weight is 412 g/mol. The third-order valence-corrected chi connectivity index (χ3v) is 5.51. The van der Waals surface area contributed by atoms with Crippen LogP contribution in [0.4, 0.5) is 5.69 Å². The molecule has 150 valence electrons. The van der Waals surface area contributed by atoms with Gasteiger partial charge in [-0.25, -0.2) is 0 Å². The maximum atomic E-state index is 12.3. The highest BCUT2D eigenvalue weighted by Gasteiger charge is 2.20. The minimum atomic E-state index is -0.584. The number of hydrogen-bond acceptors (Lipinski definition) is 6. The van der Waals surface area contributed by atoms with Crippen molar-refractivity contribution in [3.63, 3.8) is 0 Å². The van der Waals surface area contributed by atoms with Crippen molar-refractivity contribution in [2.24, 2.45) is 0 Å². The molecule has 2 aromatic carbocycles. The molecule has 1 aliphatic heterocycles. The minimum absolute atomic E-state index is 0.0595. The molecule has 0 spiro atoms. The molecule has 0 radical (unpaired) electrons. The number of carbonyl (C=O) groups is 2. The molecule has 1 heterocycles. The number of nitrogens with zero attached hydrogens (tertiary/aromatic N) is 2. The van der Waals surface area contributed by atoms with Crippen molar-refractivity contribution in [1.82, 2.24) is 4.90 Å². The highest BCUT2D eigenvalue weighted by molar-refractivity contribution is 8.00. The van der Waals surface area contributed by atoms with E-state index in [2.05, 4.69) is 0 Å². The summed E-state index contributed by atoms with van der Waals surface area (Å²) in [5.41, 5.74) is 2.29.